The highest BCUT2D eigenvalue weighted by Crippen LogP contribution is 2.25. The molecule has 1 aliphatic rings. The zero-order valence-corrected chi connectivity index (χ0v) is 11.7. The van der Waals surface area contributed by atoms with E-state index in [0.717, 1.165) is 32.4 Å². The summed E-state index contributed by atoms with van der Waals surface area (Å²) in [6, 6.07) is 0. The number of rotatable bonds is 6. The maximum absolute atomic E-state index is 11.3. The van der Waals surface area contributed by atoms with E-state index in [4.69, 9.17) is 9.84 Å². The molecule has 18 heavy (non-hydrogen) atoms. The second-order valence-electron chi connectivity index (χ2n) is 5.98. The number of nitrogens with one attached hydrogen (secondary N) is 2. The van der Waals surface area contributed by atoms with Gasteiger partial charge in [-0.05, 0) is 59.0 Å². The summed E-state index contributed by atoms with van der Waals surface area (Å²) in [5.74, 6) is 0.624. The van der Waals surface area contributed by atoms with Gasteiger partial charge in [0, 0.05) is 6.54 Å². The lowest BCUT2D eigenvalue weighted by Gasteiger charge is -2.31. The highest BCUT2D eigenvalue weighted by Gasteiger charge is 2.26. The monoisotopic (exact) mass is 258 g/mol. The summed E-state index contributed by atoms with van der Waals surface area (Å²) in [5.41, 5.74) is -0.437. The van der Waals surface area contributed by atoms with Crippen molar-refractivity contribution in [3.63, 3.8) is 0 Å². The number of ether oxygens (including phenoxy) is 1. The van der Waals surface area contributed by atoms with Crippen molar-refractivity contribution >= 4 is 6.09 Å². The van der Waals surface area contributed by atoms with Crippen LogP contribution in [0.5, 0.6) is 0 Å². The third-order valence-corrected chi connectivity index (χ3v) is 2.84. The zero-order chi connectivity index (χ0) is 13.6. The van der Waals surface area contributed by atoms with Crippen molar-refractivity contribution in [2.45, 2.75) is 51.7 Å². The SMILES string of the molecule is CC(C)(C)OC(=O)NCCCNCC1CC(O)C1. The molecule has 1 aliphatic carbocycles. The van der Waals surface area contributed by atoms with E-state index in [9.17, 15) is 4.79 Å². The van der Waals surface area contributed by atoms with Crippen molar-refractivity contribution in [1.29, 1.82) is 0 Å². The molecule has 3 N–H and O–H groups in total. The van der Waals surface area contributed by atoms with Gasteiger partial charge in [-0.25, -0.2) is 4.79 Å². The van der Waals surface area contributed by atoms with Gasteiger partial charge in [-0.15, -0.1) is 0 Å². The van der Waals surface area contributed by atoms with Gasteiger partial charge in [-0.3, -0.25) is 0 Å². The first-order valence-corrected chi connectivity index (χ1v) is 6.72. The molecule has 1 rings (SSSR count). The number of hydrogen-bond donors (Lipinski definition) is 3. The van der Waals surface area contributed by atoms with Crippen molar-refractivity contribution in [1.82, 2.24) is 10.6 Å². The van der Waals surface area contributed by atoms with Crippen molar-refractivity contribution in [2.75, 3.05) is 19.6 Å². The number of hydrogen-bond acceptors (Lipinski definition) is 4. The van der Waals surface area contributed by atoms with E-state index in [1.165, 1.54) is 0 Å². The standard InChI is InChI=1S/C13H26N2O3/c1-13(2,3)18-12(17)15-6-4-5-14-9-10-7-11(16)8-10/h10-11,14,16H,4-9H2,1-3H3,(H,15,17). The Bertz CT molecular complexity index is 257. The fourth-order valence-electron chi connectivity index (χ4n) is 1.89. The molecule has 0 atom stereocenters. The first kappa shape index (κ1) is 15.2. The summed E-state index contributed by atoms with van der Waals surface area (Å²) < 4.78 is 5.12. The molecule has 5 nitrogen and oxygen atoms in total. The molecular formula is C13H26N2O3. The lowest BCUT2D eigenvalue weighted by molar-refractivity contribution is 0.0429. The summed E-state index contributed by atoms with van der Waals surface area (Å²) in [7, 11) is 0. The topological polar surface area (TPSA) is 70.6 Å². The first-order valence-electron chi connectivity index (χ1n) is 6.72. The number of amides is 1. The maximum Gasteiger partial charge on any atom is 0.407 e. The summed E-state index contributed by atoms with van der Waals surface area (Å²) in [6.45, 7) is 8.00. The summed E-state index contributed by atoms with van der Waals surface area (Å²) in [5, 5.41) is 15.2. The maximum atomic E-state index is 11.3. The molecule has 1 saturated carbocycles. The van der Waals surface area contributed by atoms with Gasteiger partial charge in [0.25, 0.3) is 0 Å². The van der Waals surface area contributed by atoms with Crippen LogP contribution in [0.3, 0.4) is 0 Å². The Hall–Kier alpha value is -0.810. The highest BCUT2D eigenvalue weighted by atomic mass is 16.6. The number of carbonyl (C=O) groups is 1. The van der Waals surface area contributed by atoms with Gasteiger partial charge in [0.1, 0.15) is 5.60 Å². The molecule has 106 valence electrons. The van der Waals surface area contributed by atoms with Crippen molar-refractivity contribution < 1.29 is 14.6 Å². The van der Waals surface area contributed by atoms with Crippen LogP contribution in [0.4, 0.5) is 4.79 Å². The van der Waals surface area contributed by atoms with E-state index < -0.39 is 5.60 Å². The van der Waals surface area contributed by atoms with Crippen LogP contribution in [-0.2, 0) is 4.74 Å². The third kappa shape index (κ3) is 6.81. The van der Waals surface area contributed by atoms with Crippen LogP contribution in [0.25, 0.3) is 0 Å². The number of aliphatic hydroxyl groups excluding tert-OH is 1. The minimum Gasteiger partial charge on any atom is -0.444 e. The molecule has 0 aliphatic heterocycles. The van der Waals surface area contributed by atoms with Crippen molar-refractivity contribution in [3.8, 4) is 0 Å². The normalized spacial score (nSPS) is 23.3. The van der Waals surface area contributed by atoms with Crippen LogP contribution < -0.4 is 10.6 Å². The Morgan fingerprint density at radius 2 is 2.00 bits per heavy atom. The second-order valence-corrected chi connectivity index (χ2v) is 5.98. The molecule has 1 fully saturated rings. The molecule has 0 unspecified atom stereocenters. The predicted molar refractivity (Wildman–Crippen MR) is 70.5 cm³/mol. The Morgan fingerprint density at radius 3 is 2.56 bits per heavy atom. The smallest absolute Gasteiger partial charge is 0.407 e. The molecule has 5 heteroatoms. The van der Waals surface area contributed by atoms with E-state index in [1.54, 1.807) is 0 Å². The quantitative estimate of drug-likeness (QED) is 0.627. The van der Waals surface area contributed by atoms with Gasteiger partial charge in [-0.1, -0.05) is 0 Å². The lowest BCUT2D eigenvalue weighted by Crippen LogP contribution is -2.37. The summed E-state index contributed by atoms with van der Waals surface area (Å²) in [6.07, 6.45) is 2.29. The van der Waals surface area contributed by atoms with Crippen LogP contribution in [0, 0.1) is 5.92 Å². The number of alkyl carbamates (subject to hydrolysis) is 1. The minimum atomic E-state index is -0.437. The van der Waals surface area contributed by atoms with Crippen LogP contribution in [0.2, 0.25) is 0 Å². The Morgan fingerprint density at radius 1 is 1.33 bits per heavy atom. The highest BCUT2D eigenvalue weighted by molar-refractivity contribution is 5.67. The van der Waals surface area contributed by atoms with Gasteiger partial charge in [0.15, 0.2) is 0 Å². The van der Waals surface area contributed by atoms with Crippen LogP contribution in [0.1, 0.15) is 40.0 Å². The molecule has 0 heterocycles. The molecule has 0 aromatic heterocycles. The first-order chi connectivity index (χ1) is 8.37. The second kappa shape index (κ2) is 6.95. The van der Waals surface area contributed by atoms with Crippen LogP contribution >= 0.6 is 0 Å². The average molecular weight is 258 g/mol. The summed E-state index contributed by atoms with van der Waals surface area (Å²) >= 11 is 0. The molecule has 1 amide bonds. The fraction of sp³-hybridized carbons (Fsp3) is 0.923. The number of aliphatic hydroxyl groups is 1. The van der Waals surface area contributed by atoms with Gasteiger partial charge >= 0.3 is 6.09 Å². The molecule has 0 bridgehead atoms. The summed E-state index contributed by atoms with van der Waals surface area (Å²) in [4.78, 5) is 11.3. The molecule has 0 aromatic carbocycles. The third-order valence-electron chi connectivity index (χ3n) is 2.84. The van der Waals surface area contributed by atoms with Crippen LogP contribution in [0.15, 0.2) is 0 Å². The predicted octanol–water partition coefficient (Wildman–Crippen LogP) is 1.26. The van der Waals surface area contributed by atoms with E-state index in [2.05, 4.69) is 10.6 Å². The van der Waals surface area contributed by atoms with E-state index in [0.29, 0.717) is 12.5 Å². The number of carbonyl (C=O) groups excluding carboxylic acids is 1. The molecule has 0 saturated heterocycles. The van der Waals surface area contributed by atoms with E-state index in [1.807, 2.05) is 20.8 Å². The van der Waals surface area contributed by atoms with E-state index in [-0.39, 0.29) is 12.2 Å². The van der Waals surface area contributed by atoms with Crippen LogP contribution in [-0.4, -0.2) is 42.5 Å². The fourth-order valence-corrected chi connectivity index (χ4v) is 1.89. The Balaban J connectivity index is 1.88. The van der Waals surface area contributed by atoms with E-state index >= 15 is 0 Å². The minimum absolute atomic E-state index is 0.0781. The molecule has 0 radical (unpaired) electrons. The van der Waals surface area contributed by atoms with Crippen molar-refractivity contribution in [3.05, 3.63) is 0 Å². The van der Waals surface area contributed by atoms with Gasteiger partial charge in [-0.2, -0.15) is 0 Å². The van der Waals surface area contributed by atoms with Gasteiger partial charge in [0.05, 0.1) is 6.10 Å². The van der Waals surface area contributed by atoms with Crippen molar-refractivity contribution in [2.24, 2.45) is 5.92 Å². The zero-order valence-electron chi connectivity index (χ0n) is 11.7. The Kier molecular flexibility index (Phi) is 5.88. The lowest BCUT2D eigenvalue weighted by atomic mass is 9.82. The molecule has 0 aromatic rings. The van der Waals surface area contributed by atoms with Gasteiger partial charge in [0.2, 0.25) is 0 Å². The Labute approximate surface area is 109 Å². The van der Waals surface area contributed by atoms with Gasteiger partial charge < -0.3 is 20.5 Å². The largest absolute Gasteiger partial charge is 0.444 e. The average Bonchev–Trinajstić information content (AvgIpc) is 2.17. The molecule has 0 spiro atoms. The molecular weight excluding hydrogens is 232 g/mol.